The highest BCUT2D eigenvalue weighted by atomic mass is 35.5. The van der Waals surface area contributed by atoms with Gasteiger partial charge in [0.25, 0.3) is 0 Å². The Hall–Kier alpha value is -1.85. The van der Waals surface area contributed by atoms with Crippen LogP contribution in [-0.2, 0) is 0 Å². The first-order valence-electron chi connectivity index (χ1n) is 7.44. The number of nitriles is 1. The molecule has 7 nitrogen and oxygen atoms in total. The third-order valence-electron chi connectivity index (χ3n) is 3.94. The lowest BCUT2D eigenvalue weighted by Crippen LogP contribution is -2.45. The van der Waals surface area contributed by atoms with Gasteiger partial charge in [0, 0.05) is 43.9 Å². The zero-order valence-electron chi connectivity index (χ0n) is 13.9. The van der Waals surface area contributed by atoms with Gasteiger partial charge in [-0.2, -0.15) is 5.26 Å². The quantitative estimate of drug-likeness (QED) is 0.456. The van der Waals surface area contributed by atoms with E-state index in [-0.39, 0.29) is 42.2 Å². The van der Waals surface area contributed by atoms with Crippen LogP contribution in [0.15, 0.2) is 24.3 Å². The molecular formula is C16H22Cl2N4O3. The number of hydrogen-bond acceptors (Lipinski definition) is 6. The first-order chi connectivity index (χ1) is 10.9. The van der Waals surface area contributed by atoms with E-state index in [1.54, 1.807) is 0 Å². The highest BCUT2D eigenvalue weighted by Crippen LogP contribution is 2.39. The van der Waals surface area contributed by atoms with Crippen molar-refractivity contribution in [3.05, 3.63) is 45.5 Å². The molecule has 1 aliphatic heterocycles. The van der Waals surface area contributed by atoms with Crippen molar-refractivity contribution in [2.24, 2.45) is 0 Å². The minimum absolute atomic E-state index is 0. The lowest BCUT2D eigenvalue weighted by molar-refractivity contribution is -0.386. The summed E-state index contributed by atoms with van der Waals surface area (Å²) in [6, 6.07) is 4.34. The summed E-state index contributed by atoms with van der Waals surface area (Å²) < 4.78 is 0. The molecule has 2 rings (SSSR count). The Morgan fingerprint density at radius 1 is 1.48 bits per heavy atom. The monoisotopic (exact) mass is 388 g/mol. The van der Waals surface area contributed by atoms with E-state index in [1.807, 2.05) is 13.0 Å². The summed E-state index contributed by atoms with van der Waals surface area (Å²) in [4.78, 5) is 12.7. The number of hydrogen-bond donors (Lipinski definition) is 2. The second kappa shape index (κ2) is 10.2. The van der Waals surface area contributed by atoms with E-state index in [9.17, 15) is 15.2 Å². The Balaban J connectivity index is 0.00000288. The van der Waals surface area contributed by atoms with Crippen LogP contribution in [0.2, 0.25) is 0 Å². The molecule has 1 aromatic rings. The summed E-state index contributed by atoms with van der Waals surface area (Å²) in [5.74, 6) is -0.362. The zero-order valence-corrected chi connectivity index (χ0v) is 15.5. The minimum atomic E-state index is -0.657. The predicted octanol–water partition coefficient (Wildman–Crippen LogP) is 2.93. The van der Waals surface area contributed by atoms with E-state index in [2.05, 4.69) is 16.8 Å². The molecule has 1 heterocycles. The van der Waals surface area contributed by atoms with Crippen molar-refractivity contribution < 1.29 is 10.0 Å². The maximum absolute atomic E-state index is 11.2. The third kappa shape index (κ3) is 5.58. The molecule has 1 saturated heterocycles. The van der Waals surface area contributed by atoms with Crippen LogP contribution in [0.5, 0.6) is 5.75 Å². The molecule has 25 heavy (non-hydrogen) atoms. The molecule has 0 amide bonds. The molecule has 1 atom stereocenters. The van der Waals surface area contributed by atoms with Crippen molar-refractivity contribution >= 4 is 30.5 Å². The number of rotatable bonds is 5. The molecule has 1 aliphatic rings. The van der Waals surface area contributed by atoms with Crippen LogP contribution >= 0.6 is 24.8 Å². The van der Waals surface area contributed by atoms with E-state index in [0.717, 1.165) is 37.8 Å². The van der Waals surface area contributed by atoms with Gasteiger partial charge in [0.1, 0.15) is 0 Å². The number of benzene rings is 1. The van der Waals surface area contributed by atoms with Gasteiger partial charge < -0.3 is 10.4 Å². The number of nitro groups is 1. The van der Waals surface area contributed by atoms with Crippen molar-refractivity contribution in [2.45, 2.75) is 19.4 Å². The van der Waals surface area contributed by atoms with Crippen LogP contribution in [0.25, 0.3) is 0 Å². The molecule has 1 fully saturated rings. The highest BCUT2D eigenvalue weighted by Gasteiger charge is 2.29. The number of phenols is 1. The lowest BCUT2D eigenvalue weighted by Gasteiger charge is -2.35. The van der Waals surface area contributed by atoms with E-state index in [0.29, 0.717) is 12.0 Å². The van der Waals surface area contributed by atoms with Crippen LogP contribution in [0, 0.1) is 21.4 Å². The second-order valence-corrected chi connectivity index (χ2v) is 5.77. The molecular weight excluding hydrogens is 367 g/mol. The minimum Gasteiger partial charge on any atom is -0.502 e. The molecule has 1 aromatic carbocycles. The van der Waals surface area contributed by atoms with Gasteiger partial charge >= 0.3 is 5.69 Å². The normalized spacial score (nSPS) is 15.2. The van der Waals surface area contributed by atoms with Crippen LogP contribution in [0.4, 0.5) is 5.69 Å². The summed E-state index contributed by atoms with van der Waals surface area (Å²) >= 11 is 0. The maximum atomic E-state index is 11.2. The Labute approximate surface area is 159 Å². The molecule has 138 valence electrons. The van der Waals surface area contributed by atoms with Crippen molar-refractivity contribution in [1.82, 2.24) is 10.2 Å². The van der Waals surface area contributed by atoms with Crippen molar-refractivity contribution in [1.29, 1.82) is 5.26 Å². The first kappa shape index (κ1) is 23.1. The first-order valence-corrected chi connectivity index (χ1v) is 7.44. The Morgan fingerprint density at radius 2 is 2.08 bits per heavy atom. The standard InChI is InChI=1S/C16H20N4O3.2ClH/c1-11(2)7-14(19-5-3-18-4-6-19)13-8-12(10-17)9-15(16(13)21)20(22)23;;/h8-9,14,18,21H,1,3-7H2,2H3;2*1H/t14-;;/m1../s1. The number of nitrogens with zero attached hydrogens (tertiary/aromatic N) is 3. The summed E-state index contributed by atoms with van der Waals surface area (Å²) in [5.41, 5.74) is 1.07. The van der Waals surface area contributed by atoms with E-state index in [4.69, 9.17) is 5.26 Å². The van der Waals surface area contributed by atoms with Crippen molar-refractivity contribution in [3.8, 4) is 11.8 Å². The summed E-state index contributed by atoms with van der Waals surface area (Å²) in [6.07, 6.45) is 0.569. The largest absolute Gasteiger partial charge is 0.502 e. The lowest BCUT2D eigenvalue weighted by atomic mass is 9.95. The number of halogens is 2. The molecule has 0 aromatic heterocycles. The average molecular weight is 389 g/mol. The van der Waals surface area contributed by atoms with Gasteiger partial charge in [0.05, 0.1) is 16.6 Å². The Morgan fingerprint density at radius 3 is 2.56 bits per heavy atom. The van der Waals surface area contributed by atoms with Crippen molar-refractivity contribution in [3.63, 3.8) is 0 Å². The van der Waals surface area contributed by atoms with Gasteiger partial charge in [0.2, 0.25) is 0 Å². The van der Waals surface area contributed by atoms with Crippen molar-refractivity contribution in [2.75, 3.05) is 26.2 Å². The fourth-order valence-corrected chi connectivity index (χ4v) is 2.86. The van der Waals surface area contributed by atoms with Gasteiger partial charge in [-0.3, -0.25) is 15.0 Å². The molecule has 0 radical (unpaired) electrons. The Bertz CT molecular complexity index is 670. The topological polar surface area (TPSA) is 102 Å². The molecule has 9 heteroatoms. The van der Waals surface area contributed by atoms with Gasteiger partial charge in [-0.25, -0.2) is 0 Å². The van der Waals surface area contributed by atoms with E-state index < -0.39 is 10.6 Å². The summed E-state index contributed by atoms with van der Waals surface area (Å²) in [6.45, 7) is 8.96. The van der Waals surface area contributed by atoms with Gasteiger partial charge in [-0.1, -0.05) is 5.57 Å². The molecule has 0 saturated carbocycles. The fourth-order valence-electron chi connectivity index (χ4n) is 2.86. The van der Waals surface area contributed by atoms with E-state index in [1.165, 1.54) is 6.07 Å². The molecule has 0 unspecified atom stereocenters. The number of nitro benzene ring substituents is 1. The number of nitrogens with one attached hydrogen (secondary N) is 1. The number of phenolic OH excluding ortho intramolecular Hbond substituents is 1. The predicted molar refractivity (Wildman–Crippen MR) is 101 cm³/mol. The van der Waals surface area contributed by atoms with Crippen LogP contribution in [0.1, 0.15) is 30.5 Å². The van der Waals surface area contributed by atoms with Gasteiger partial charge in [-0.05, 0) is 19.4 Å². The smallest absolute Gasteiger partial charge is 0.312 e. The number of piperazine rings is 1. The maximum Gasteiger partial charge on any atom is 0.312 e. The zero-order chi connectivity index (χ0) is 17.0. The number of aromatic hydroxyl groups is 1. The fraction of sp³-hybridized carbons (Fsp3) is 0.438. The third-order valence-corrected chi connectivity index (χ3v) is 3.94. The van der Waals surface area contributed by atoms with Crippen LogP contribution in [0.3, 0.4) is 0 Å². The molecule has 0 spiro atoms. The molecule has 0 bridgehead atoms. The van der Waals surface area contributed by atoms with Crippen LogP contribution in [-0.4, -0.2) is 41.1 Å². The molecule has 0 aliphatic carbocycles. The van der Waals surface area contributed by atoms with Gasteiger partial charge in [0.15, 0.2) is 5.75 Å². The summed E-state index contributed by atoms with van der Waals surface area (Å²) in [5, 5.41) is 33.9. The SMILES string of the molecule is C=C(C)C[C@H](c1cc(C#N)cc([N+](=O)[O-])c1O)N1CCNCC1.Cl.Cl. The summed E-state index contributed by atoms with van der Waals surface area (Å²) in [7, 11) is 0. The second-order valence-electron chi connectivity index (χ2n) is 5.77. The van der Waals surface area contributed by atoms with Gasteiger partial charge in [-0.15, -0.1) is 31.4 Å². The highest BCUT2D eigenvalue weighted by molar-refractivity contribution is 5.85. The van der Waals surface area contributed by atoms with E-state index >= 15 is 0 Å². The average Bonchev–Trinajstić information content (AvgIpc) is 2.53. The van der Waals surface area contributed by atoms with Crippen LogP contribution < -0.4 is 5.32 Å². The Kier molecular flexibility index (Phi) is 9.46. The molecule has 2 N–H and O–H groups in total.